The van der Waals surface area contributed by atoms with Crippen LogP contribution in [-0.2, 0) is 15.6 Å². The third-order valence-electron chi connectivity index (χ3n) is 8.12. The van der Waals surface area contributed by atoms with Crippen LogP contribution in [0.15, 0.2) is 30.3 Å². The van der Waals surface area contributed by atoms with Gasteiger partial charge in [0.2, 0.25) is 5.91 Å². The SMILES string of the molecule is COc1ccc(NC(=O)C23CCC(C)(c4nc5cc(Cl)c(Cl)cc5nc42)C3(C)C)c(OC)c1. The summed E-state index contributed by atoms with van der Waals surface area (Å²) in [6, 6.07) is 8.78. The average Bonchev–Trinajstić information content (AvgIpc) is 3.08. The van der Waals surface area contributed by atoms with Crippen molar-refractivity contribution >= 4 is 45.8 Å². The highest BCUT2D eigenvalue weighted by molar-refractivity contribution is 6.42. The maximum Gasteiger partial charge on any atom is 0.237 e. The molecule has 1 heterocycles. The predicted molar refractivity (Wildman–Crippen MR) is 130 cm³/mol. The predicted octanol–water partition coefficient (Wildman–Crippen LogP) is 5.92. The fourth-order valence-corrected chi connectivity index (χ4v) is 6.05. The van der Waals surface area contributed by atoms with E-state index in [1.165, 1.54) is 0 Å². The summed E-state index contributed by atoms with van der Waals surface area (Å²) in [4.78, 5) is 24.0. The van der Waals surface area contributed by atoms with Crippen LogP contribution in [0.3, 0.4) is 0 Å². The minimum atomic E-state index is -0.852. The lowest BCUT2D eigenvalue weighted by Gasteiger charge is -2.39. The Bertz CT molecular complexity index is 1330. The van der Waals surface area contributed by atoms with Gasteiger partial charge in [-0.05, 0) is 42.5 Å². The van der Waals surface area contributed by atoms with Crippen LogP contribution in [0.5, 0.6) is 11.5 Å². The second-order valence-electron chi connectivity index (χ2n) is 9.56. The number of carbonyl (C=O) groups excluding carboxylic acids is 1. The standard InChI is InChI=1S/C25H25Cl2N3O3/c1-23(2)24(3)8-9-25(23,22(31)30-16-7-6-13(32-4)10-19(16)33-5)21-20(24)28-17-11-14(26)15(27)12-18(17)29-21/h6-7,10-12H,8-9H2,1-5H3,(H,30,31). The Morgan fingerprint density at radius 1 is 0.939 bits per heavy atom. The van der Waals surface area contributed by atoms with Crippen LogP contribution in [0, 0.1) is 5.41 Å². The number of aromatic nitrogens is 2. The molecule has 1 aromatic heterocycles. The van der Waals surface area contributed by atoms with E-state index in [1.54, 1.807) is 44.6 Å². The highest BCUT2D eigenvalue weighted by Crippen LogP contribution is 2.70. The van der Waals surface area contributed by atoms with Crippen LogP contribution in [0.4, 0.5) is 5.69 Å². The summed E-state index contributed by atoms with van der Waals surface area (Å²) >= 11 is 12.5. The molecule has 0 aliphatic heterocycles. The van der Waals surface area contributed by atoms with Gasteiger partial charge in [-0.1, -0.05) is 44.0 Å². The summed E-state index contributed by atoms with van der Waals surface area (Å²) in [5.41, 5.74) is 1.89. The number of ether oxygens (including phenoxy) is 2. The molecule has 2 unspecified atom stereocenters. The van der Waals surface area contributed by atoms with Gasteiger partial charge in [-0.2, -0.15) is 0 Å². The third kappa shape index (κ3) is 2.77. The summed E-state index contributed by atoms with van der Waals surface area (Å²) in [6.45, 7) is 6.46. The van der Waals surface area contributed by atoms with Gasteiger partial charge in [0.15, 0.2) is 0 Å². The van der Waals surface area contributed by atoms with Crippen molar-refractivity contribution in [2.45, 2.75) is 44.4 Å². The second kappa shape index (κ2) is 7.21. The largest absolute Gasteiger partial charge is 0.497 e. The van der Waals surface area contributed by atoms with Gasteiger partial charge in [0.05, 0.1) is 57.8 Å². The first-order chi connectivity index (χ1) is 15.6. The number of benzene rings is 2. The van der Waals surface area contributed by atoms with Gasteiger partial charge in [-0.25, -0.2) is 9.97 Å². The molecular formula is C25H25Cl2N3O3. The molecule has 1 N–H and O–H groups in total. The van der Waals surface area contributed by atoms with Crippen LogP contribution in [0.25, 0.3) is 11.0 Å². The molecule has 2 aliphatic rings. The second-order valence-corrected chi connectivity index (χ2v) is 10.4. The number of halogens is 2. The number of nitrogens with one attached hydrogen (secondary N) is 1. The van der Waals surface area contributed by atoms with Crippen molar-refractivity contribution in [2.75, 3.05) is 19.5 Å². The molecule has 0 saturated heterocycles. The van der Waals surface area contributed by atoms with Crippen molar-refractivity contribution in [1.82, 2.24) is 9.97 Å². The minimum Gasteiger partial charge on any atom is -0.497 e. The van der Waals surface area contributed by atoms with E-state index >= 15 is 0 Å². The minimum absolute atomic E-state index is 0.118. The van der Waals surface area contributed by atoms with Crippen molar-refractivity contribution < 1.29 is 14.3 Å². The first-order valence-corrected chi connectivity index (χ1v) is 11.6. The van der Waals surface area contributed by atoms with Crippen molar-refractivity contribution in [3.63, 3.8) is 0 Å². The molecule has 3 aromatic rings. The monoisotopic (exact) mass is 485 g/mol. The fraction of sp³-hybridized carbons (Fsp3) is 0.400. The number of fused-ring (bicyclic) bond motifs is 6. The first kappa shape index (κ1) is 22.2. The van der Waals surface area contributed by atoms with Gasteiger partial charge in [0.25, 0.3) is 0 Å². The Hall–Kier alpha value is -2.57. The van der Waals surface area contributed by atoms with Crippen LogP contribution >= 0.6 is 23.2 Å². The third-order valence-corrected chi connectivity index (χ3v) is 8.85. The Labute approximate surface area is 202 Å². The van der Waals surface area contributed by atoms with Crippen molar-refractivity contribution in [3.8, 4) is 11.5 Å². The van der Waals surface area contributed by atoms with E-state index in [4.69, 9.17) is 42.6 Å². The summed E-state index contributed by atoms with van der Waals surface area (Å²) in [7, 11) is 3.16. The number of carbonyl (C=O) groups is 1. The molecule has 0 radical (unpaired) electrons. The number of rotatable bonds is 4. The molecule has 2 aliphatic carbocycles. The molecule has 1 amide bonds. The van der Waals surface area contributed by atoms with E-state index in [0.29, 0.717) is 44.7 Å². The number of nitrogens with zero attached hydrogens (tertiary/aromatic N) is 2. The fourth-order valence-electron chi connectivity index (χ4n) is 5.73. The van der Waals surface area contributed by atoms with E-state index in [9.17, 15) is 4.79 Å². The van der Waals surface area contributed by atoms with Crippen molar-refractivity contribution in [2.24, 2.45) is 5.41 Å². The Morgan fingerprint density at radius 3 is 2.18 bits per heavy atom. The Morgan fingerprint density at radius 2 is 1.58 bits per heavy atom. The molecule has 2 aromatic carbocycles. The summed E-state index contributed by atoms with van der Waals surface area (Å²) in [5, 5.41) is 3.97. The number of amides is 1. The number of hydrogen-bond donors (Lipinski definition) is 1. The lowest BCUT2D eigenvalue weighted by atomic mass is 9.63. The van der Waals surface area contributed by atoms with E-state index in [1.807, 2.05) is 0 Å². The maximum atomic E-state index is 14.1. The van der Waals surface area contributed by atoms with E-state index < -0.39 is 10.8 Å². The molecule has 2 atom stereocenters. The topological polar surface area (TPSA) is 73.3 Å². The quantitative estimate of drug-likeness (QED) is 0.496. The van der Waals surface area contributed by atoms with Gasteiger partial charge < -0.3 is 14.8 Å². The number of anilines is 1. The molecule has 1 saturated carbocycles. The lowest BCUT2D eigenvalue weighted by molar-refractivity contribution is -0.125. The highest BCUT2D eigenvalue weighted by Gasteiger charge is 2.73. The van der Waals surface area contributed by atoms with Crippen LogP contribution in [0.1, 0.15) is 45.0 Å². The zero-order valence-corrected chi connectivity index (χ0v) is 20.7. The molecule has 1 fully saturated rings. The van der Waals surface area contributed by atoms with Crippen LogP contribution < -0.4 is 14.8 Å². The van der Waals surface area contributed by atoms with Gasteiger partial charge >= 0.3 is 0 Å². The summed E-state index contributed by atoms with van der Waals surface area (Å²) < 4.78 is 10.8. The molecule has 33 heavy (non-hydrogen) atoms. The van der Waals surface area contributed by atoms with E-state index in [2.05, 4.69) is 26.1 Å². The van der Waals surface area contributed by atoms with Gasteiger partial charge in [0.1, 0.15) is 11.5 Å². The normalized spacial score (nSPS) is 24.6. The average molecular weight is 486 g/mol. The molecule has 172 valence electrons. The van der Waals surface area contributed by atoms with Crippen molar-refractivity contribution in [1.29, 1.82) is 0 Å². The number of methoxy groups -OCH3 is 2. The van der Waals surface area contributed by atoms with Crippen molar-refractivity contribution in [3.05, 3.63) is 51.8 Å². The zero-order valence-electron chi connectivity index (χ0n) is 19.2. The van der Waals surface area contributed by atoms with Crippen LogP contribution in [0.2, 0.25) is 10.0 Å². The molecule has 6 nitrogen and oxygen atoms in total. The maximum absolute atomic E-state index is 14.1. The Balaban J connectivity index is 1.67. The molecule has 0 spiro atoms. The molecular weight excluding hydrogens is 461 g/mol. The van der Waals surface area contributed by atoms with Gasteiger partial charge in [-0.3, -0.25) is 4.79 Å². The van der Waals surface area contributed by atoms with Gasteiger partial charge in [0, 0.05) is 11.5 Å². The molecule has 2 bridgehead atoms. The van der Waals surface area contributed by atoms with Crippen LogP contribution in [-0.4, -0.2) is 30.1 Å². The lowest BCUT2D eigenvalue weighted by Crippen LogP contribution is -2.48. The highest BCUT2D eigenvalue weighted by atomic mass is 35.5. The first-order valence-electron chi connectivity index (χ1n) is 10.8. The van der Waals surface area contributed by atoms with E-state index in [0.717, 1.165) is 17.8 Å². The summed E-state index contributed by atoms with van der Waals surface area (Å²) in [5.74, 6) is 1.06. The Kier molecular flexibility index (Phi) is 4.86. The molecule has 5 rings (SSSR count). The number of hydrogen-bond acceptors (Lipinski definition) is 5. The zero-order chi connectivity index (χ0) is 23.8. The summed E-state index contributed by atoms with van der Waals surface area (Å²) in [6.07, 6.45) is 1.51. The molecule has 8 heteroatoms. The smallest absolute Gasteiger partial charge is 0.237 e. The van der Waals surface area contributed by atoms with E-state index in [-0.39, 0.29) is 11.3 Å². The van der Waals surface area contributed by atoms with Gasteiger partial charge in [-0.15, -0.1) is 0 Å².